The van der Waals surface area contributed by atoms with Crippen LogP contribution in [0.15, 0.2) is 59.5 Å². The highest BCUT2D eigenvalue weighted by molar-refractivity contribution is 5.66. The van der Waals surface area contributed by atoms with Crippen molar-refractivity contribution < 1.29 is 9.63 Å². The van der Waals surface area contributed by atoms with E-state index in [1.807, 2.05) is 18.5 Å². The molecule has 0 saturated heterocycles. The number of pyridine rings is 1. The van der Waals surface area contributed by atoms with Crippen molar-refractivity contribution in [3.63, 3.8) is 0 Å². The molecule has 6 heteroatoms. The second-order valence-corrected chi connectivity index (χ2v) is 8.83. The predicted octanol–water partition coefficient (Wildman–Crippen LogP) is 4.16. The Labute approximate surface area is 180 Å². The molecule has 2 aliphatic carbocycles. The van der Waals surface area contributed by atoms with Crippen molar-refractivity contribution in [1.82, 2.24) is 20.3 Å². The summed E-state index contributed by atoms with van der Waals surface area (Å²) >= 11 is 0. The van der Waals surface area contributed by atoms with Gasteiger partial charge in [0.25, 0.3) is 0 Å². The lowest BCUT2D eigenvalue weighted by molar-refractivity contribution is 0.190. The number of benzene rings is 1. The molecule has 3 atom stereocenters. The van der Waals surface area contributed by atoms with Gasteiger partial charge in [-0.15, -0.1) is 0 Å². The minimum Gasteiger partial charge on any atom is -0.392 e. The Morgan fingerprint density at radius 3 is 2.90 bits per heavy atom. The largest absolute Gasteiger partial charge is 0.392 e. The van der Waals surface area contributed by atoms with Gasteiger partial charge in [-0.05, 0) is 42.4 Å². The van der Waals surface area contributed by atoms with Crippen LogP contribution in [0, 0.1) is 5.92 Å². The van der Waals surface area contributed by atoms with Crippen LogP contribution in [0.5, 0.6) is 0 Å². The zero-order valence-corrected chi connectivity index (χ0v) is 17.4. The quantitative estimate of drug-likeness (QED) is 0.528. The lowest BCUT2D eigenvalue weighted by Gasteiger charge is -2.48. The van der Waals surface area contributed by atoms with E-state index < -0.39 is 0 Å². The highest BCUT2D eigenvalue weighted by atomic mass is 16.5. The molecule has 0 radical (unpaired) electrons. The van der Waals surface area contributed by atoms with E-state index >= 15 is 0 Å². The van der Waals surface area contributed by atoms with Crippen molar-refractivity contribution in [1.29, 1.82) is 0 Å². The maximum atomic E-state index is 9.56. The van der Waals surface area contributed by atoms with Crippen molar-refractivity contribution in [3.8, 4) is 11.3 Å². The SMILES string of the molecule is C[C@@H]1c2oncc2C[C@]2(c3ccccc3)c3n[nH]c(-c4cncc(CO)c4)c3CC[C@@H]12. The number of nitrogens with zero attached hydrogens (tertiary/aromatic N) is 3. The number of aromatic nitrogens is 4. The average molecular weight is 412 g/mol. The number of H-pyrrole nitrogens is 1. The summed E-state index contributed by atoms with van der Waals surface area (Å²) in [5.41, 5.74) is 7.39. The molecule has 0 aliphatic heterocycles. The fourth-order valence-corrected chi connectivity index (χ4v) is 5.99. The van der Waals surface area contributed by atoms with Crippen LogP contribution >= 0.6 is 0 Å². The Morgan fingerprint density at radius 1 is 1.19 bits per heavy atom. The predicted molar refractivity (Wildman–Crippen MR) is 115 cm³/mol. The topological polar surface area (TPSA) is 87.8 Å². The van der Waals surface area contributed by atoms with Gasteiger partial charge in [0.05, 0.1) is 24.2 Å². The van der Waals surface area contributed by atoms with Gasteiger partial charge in [-0.2, -0.15) is 5.10 Å². The van der Waals surface area contributed by atoms with E-state index in [9.17, 15) is 5.11 Å². The standard InChI is InChI=1S/C25H24N4O2/c1-15-21-8-7-20-22(17-9-16(14-30)11-26-12-17)28-29-24(20)25(21,19-5-3-2-4-6-19)10-18-13-27-31-23(15)18/h2-6,9,11-13,15,21,30H,7-8,10,14H2,1H3,(H,28,29)/t15-,21-,25+/m0/s1. The summed E-state index contributed by atoms with van der Waals surface area (Å²) in [4.78, 5) is 4.32. The summed E-state index contributed by atoms with van der Waals surface area (Å²) in [6.45, 7) is 2.24. The number of aliphatic hydroxyl groups excluding tert-OH is 1. The van der Waals surface area contributed by atoms with E-state index in [2.05, 4.69) is 52.5 Å². The van der Waals surface area contributed by atoms with Gasteiger partial charge in [-0.25, -0.2) is 0 Å². The number of aliphatic hydroxyl groups is 1. The van der Waals surface area contributed by atoms with Crippen molar-refractivity contribution in [2.45, 2.75) is 44.1 Å². The summed E-state index contributed by atoms with van der Waals surface area (Å²) in [7, 11) is 0. The third kappa shape index (κ3) is 2.58. The summed E-state index contributed by atoms with van der Waals surface area (Å²) in [5.74, 6) is 1.66. The van der Waals surface area contributed by atoms with Crippen LogP contribution in [0.4, 0.5) is 0 Å². The fourth-order valence-electron chi connectivity index (χ4n) is 5.99. The second kappa shape index (κ2) is 6.89. The molecule has 2 aliphatic rings. The molecular weight excluding hydrogens is 388 g/mol. The van der Waals surface area contributed by atoms with E-state index in [1.54, 1.807) is 6.20 Å². The highest BCUT2D eigenvalue weighted by Gasteiger charge is 2.54. The molecular formula is C25H24N4O2. The Morgan fingerprint density at radius 2 is 2.06 bits per heavy atom. The molecule has 6 nitrogen and oxygen atoms in total. The van der Waals surface area contributed by atoms with Crippen LogP contribution in [0.3, 0.4) is 0 Å². The molecule has 3 heterocycles. The number of hydrogen-bond donors (Lipinski definition) is 2. The van der Waals surface area contributed by atoms with Gasteiger partial charge in [0.2, 0.25) is 0 Å². The number of hydrogen-bond acceptors (Lipinski definition) is 5. The Balaban J connectivity index is 1.58. The van der Waals surface area contributed by atoms with Crippen LogP contribution in [-0.2, 0) is 24.9 Å². The molecule has 31 heavy (non-hydrogen) atoms. The minimum absolute atomic E-state index is 0.0268. The number of rotatable bonds is 3. The zero-order valence-electron chi connectivity index (χ0n) is 17.4. The van der Waals surface area contributed by atoms with Gasteiger partial charge in [0.15, 0.2) is 0 Å². The van der Waals surface area contributed by atoms with Crippen molar-refractivity contribution in [2.24, 2.45) is 5.92 Å². The first-order valence-electron chi connectivity index (χ1n) is 10.8. The fraction of sp³-hybridized carbons (Fsp3) is 0.320. The first-order chi connectivity index (χ1) is 15.2. The van der Waals surface area contributed by atoms with E-state index in [4.69, 9.17) is 9.62 Å². The van der Waals surface area contributed by atoms with Crippen LogP contribution in [0.1, 0.15) is 53.0 Å². The third-order valence-electron chi connectivity index (χ3n) is 7.35. The Bertz CT molecular complexity index is 1250. The molecule has 0 spiro atoms. The molecule has 2 N–H and O–H groups in total. The van der Waals surface area contributed by atoms with Gasteiger partial charge in [0.1, 0.15) is 5.76 Å². The van der Waals surface area contributed by atoms with Crippen LogP contribution < -0.4 is 0 Å². The lowest BCUT2D eigenvalue weighted by atomic mass is 9.53. The van der Waals surface area contributed by atoms with Gasteiger partial charge < -0.3 is 9.63 Å². The second-order valence-electron chi connectivity index (χ2n) is 8.83. The first-order valence-corrected chi connectivity index (χ1v) is 10.8. The minimum atomic E-state index is -0.233. The Kier molecular flexibility index (Phi) is 4.11. The average Bonchev–Trinajstić information content (AvgIpc) is 3.47. The van der Waals surface area contributed by atoms with E-state index in [-0.39, 0.29) is 17.9 Å². The Hall–Kier alpha value is -3.25. The smallest absolute Gasteiger partial charge is 0.143 e. The molecule has 1 aromatic carbocycles. The van der Waals surface area contributed by atoms with E-state index in [0.29, 0.717) is 5.92 Å². The molecule has 0 bridgehead atoms. The van der Waals surface area contributed by atoms with Crippen molar-refractivity contribution in [3.05, 3.63) is 88.7 Å². The molecule has 0 saturated carbocycles. The monoisotopic (exact) mass is 412 g/mol. The molecule has 0 amide bonds. The molecule has 4 aromatic rings. The zero-order chi connectivity index (χ0) is 21.0. The highest BCUT2D eigenvalue weighted by Crippen LogP contribution is 2.57. The summed E-state index contributed by atoms with van der Waals surface area (Å²) < 4.78 is 5.68. The van der Waals surface area contributed by atoms with Gasteiger partial charge in [0, 0.05) is 40.4 Å². The summed E-state index contributed by atoms with van der Waals surface area (Å²) in [5, 5.41) is 22.0. The first kappa shape index (κ1) is 18.5. The molecule has 3 aromatic heterocycles. The molecule has 156 valence electrons. The van der Waals surface area contributed by atoms with E-state index in [1.165, 1.54) is 16.7 Å². The third-order valence-corrected chi connectivity index (χ3v) is 7.35. The van der Waals surface area contributed by atoms with E-state index in [0.717, 1.165) is 47.5 Å². The maximum Gasteiger partial charge on any atom is 0.143 e. The van der Waals surface area contributed by atoms with Gasteiger partial charge in [-0.3, -0.25) is 10.1 Å². The molecule has 6 rings (SSSR count). The number of nitrogens with one attached hydrogen (secondary N) is 1. The maximum absolute atomic E-state index is 9.56. The number of fused-ring (bicyclic) bond motifs is 4. The molecule has 0 unspecified atom stereocenters. The summed E-state index contributed by atoms with van der Waals surface area (Å²) in [6.07, 6.45) is 8.24. The van der Waals surface area contributed by atoms with Crippen LogP contribution in [0.25, 0.3) is 11.3 Å². The normalized spacial score (nSPS) is 24.3. The number of aromatic amines is 1. The van der Waals surface area contributed by atoms with Gasteiger partial charge in [-0.1, -0.05) is 42.4 Å². The van der Waals surface area contributed by atoms with Crippen LogP contribution in [0.2, 0.25) is 0 Å². The van der Waals surface area contributed by atoms with Crippen LogP contribution in [-0.4, -0.2) is 25.4 Å². The van der Waals surface area contributed by atoms with Crippen molar-refractivity contribution >= 4 is 0 Å². The summed E-state index contributed by atoms with van der Waals surface area (Å²) in [6, 6.07) is 12.8. The van der Waals surface area contributed by atoms with Crippen molar-refractivity contribution in [2.75, 3.05) is 0 Å². The molecule has 0 fully saturated rings. The van der Waals surface area contributed by atoms with Gasteiger partial charge >= 0.3 is 0 Å². The lowest BCUT2D eigenvalue weighted by Crippen LogP contribution is -2.47.